The standard InChI is InChI=1S/C4H8BrSi2/c5-7-3-1-6-2-4-7/h1-4H2. The molecule has 1 aliphatic rings. The summed E-state index contributed by atoms with van der Waals surface area (Å²) in [5.41, 5.74) is 0. The Labute approximate surface area is 56.7 Å². The Morgan fingerprint density at radius 2 is 1.86 bits per heavy atom. The van der Waals surface area contributed by atoms with Crippen molar-refractivity contribution in [3.63, 3.8) is 0 Å². The lowest BCUT2D eigenvalue weighted by Crippen LogP contribution is -2.10. The van der Waals surface area contributed by atoms with Crippen LogP contribution in [0.2, 0.25) is 24.2 Å². The van der Waals surface area contributed by atoms with E-state index in [-0.39, 0.29) is 7.42 Å². The van der Waals surface area contributed by atoms with E-state index in [4.69, 9.17) is 0 Å². The van der Waals surface area contributed by atoms with Crippen LogP contribution in [-0.2, 0) is 0 Å². The Morgan fingerprint density at radius 1 is 1.29 bits per heavy atom. The molecule has 1 rings (SSSR count). The molecule has 0 aromatic rings. The van der Waals surface area contributed by atoms with Crippen LogP contribution >= 0.6 is 15.3 Å². The van der Waals surface area contributed by atoms with E-state index >= 15 is 0 Å². The Bertz CT molecular complexity index is 51.7. The Hall–Kier alpha value is 0.914. The van der Waals surface area contributed by atoms with E-state index in [2.05, 4.69) is 15.3 Å². The molecule has 0 unspecified atom stereocenters. The first-order chi connectivity index (χ1) is 3.39. The molecule has 0 spiro atoms. The van der Waals surface area contributed by atoms with E-state index in [9.17, 15) is 0 Å². The second-order valence-corrected chi connectivity index (χ2v) is 8.67. The maximum absolute atomic E-state index is 3.69. The van der Waals surface area contributed by atoms with E-state index in [1.165, 1.54) is 33.7 Å². The summed E-state index contributed by atoms with van der Waals surface area (Å²) in [5, 5.41) is 0. The van der Waals surface area contributed by atoms with Crippen molar-refractivity contribution < 1.29 is 0 Å². The second-order valence-electron chi connectivity index (χ2n) is 1.77. The molecule has 1 aliphatic heterocycles. The first-order valence-corrected chi connectivity index (χ1v) is 8.19. The molecular weight excluding hydrogens is 184 g/mol. The van der Waals surface area contributed by atoms with Crippen molar-refractivity contribution in [1.29, 1.82) is 0 Å². The van der Waals surface area contributed by atoms with E-state index < -0.39 is 0 Å². The van der Waals surface area contributed by atoms with Crippen LogP contribution in [0.4, 0.5) is 0 Å². The fourth-order valence-corrected chi connectivity index (χ4v) is 8.35. The maximum atomic E-state index is 3.69. The molecule has 0 amide bonds. The molecule has 3 heteroatoms. The van der Waals surface area contributed by atoms with Crippen LogP contribution in [0.15, 0.2) is 0 Å². The average Bonchev–Trinajstić information content (AvgIpc) is 1.69. The zero-order valence-electron chi connectivity index (χ0n) is 4.21. The average molecular weight is 192 g/mol. The monoisotopic (exact) mass is 191 g/mol. The predicted octanol–water partition coefficient (Wildman–Crippen LogP) is 1.93. The van der Waals surface area contributed by atoms with Gasteiger partial charge in [0.05, 0.1) is 0 Å². The van der Waals surface area contributed by atoms with Gasteiger partial charge in [-0.3, -0.25) is 0 Å². The molecule has 0 aromatic carbocycles. The molecule has 0 aliphatic carbocycles. The van der Waals surface area contributed by atoms with Crippen molar-refractivity contribution in [1.82, 2.24) is 0 Å². The topological polar surface area (TPSA) is 0 Å². The van der Waals surface area contributed by atoms with Gasteiger partial charge in [-0.1, -0.05) is 24.2 Å². The highest BCUT2D eigenvalue weighted by Crippen LogP contribution is 2.18. The Kier molecular flexibility index (Phi) is 2.63. The molecule has 0 atom stereocenters. The largest absolute Gasteiger partial charge is 0.134 e. The highest BCUT2D eigenvalue weighted by Gasteiger charge is 2.11. The molecule has 3 radical (unpaired) electrons. The van der Waals surface area contributed by atoms with Crippen LogP contribution in [0.25, 0.3) is 0 Å². The van der Waals surface area contributed by atoms with Gasteiger partial charge in [0.2, 0.25) is 0 Å². The number of halogens is 1. The highest BCUT2D eigenvalue weighted by atomic mass is 79.9. The number of rotatable bonds is 0. The molecule has 0 N–H and O–H groups in total. The Morgan fingerprint density at radius 3 is 2.14 bits per heavy atom. The smallest absolute Gasteiger partial charge is 0.129 e. The number of hydrogen-bond donors (Lipinski definition) is 0. The third-order valence-corrected chi connectivity index (χ3v) is 7.32. The quantitative estimate of drug-likeness (QED) is 0.406. The van der Waals surface area contributed by atoms with Crippen LogP contribution in [0.3, 0.4) is 0 Å². The first kappa shape index (κ1) is 6.04. The van der Waals surface area contributed by atoms with Gasteiger partial charge in [-0.2, -0.15) is 0 Å². The summed E-state index contributed by atoms with van der Waals surface area (Å²) >= 11 is 3.69. The van der Waals surface area contributed by atoms with Crippen molar-refractivity contribution in [2.24, 2.45) is 0 Å². The lowest BCUT2D eigenvalue weighted by atomic mass is 10.9. The van der Waals surface area contributed by atoms with Crippen molar-refractivity contribution >= 4 is 32.2 Å². The zero-order chi connectivity index (χ0) is 5.11. The minimum atomic E-state index is 0.0264. The van der Waals surface area contributed by atoms with E-state index in [1.807, 2.05) is 0 Å². The van der Waals surface area contributed by atoms with Gasteiger partial charge in [0.1, 0.15) is 7.42 Å². The summed E-state index contributed by atoms with van der Waals surface area (Å²) in [4.78, 5) is 0. The van der Waals surface area contributed by atoms with Crippen LogP contribution in [0.1, 0.15) is 0 Å². The summed E-state index contributed by atoms with van der Waals surface area (Å²) in [6.07, 6.45) is 0. The van der Waals surface area contributed by atoms with Gasteiger partial charge in [-0.05, 0) is 0 Å². The Balaban J connectivity index is 2.12. The maximum Gasteiger partial charge on any atom is 0.134 e. The molecule has 1 heterocycles. The minimum Gasteiger partial charge on any atom is -0.129 e. The van der Waals surface area contributed by atoms with E-state index in [0.29, 0.717) is 0 Å². The van der Waals surface area contributed by atoms with Gasteiger partial charge in [0.25, 0.3) is 0 Å². The summed E-state index contributed by atoms with van der Waals surface area (Å²) in [5.74, 6) is 0. The molecule has 7 heavy (non-hydrogen) atoms. The third-order valence-electron chi connectivity index (χ3n) is 1.15. The highest BCUT2D eigenvalue weighted by molar-refractivity contribution is 9.24. The molecule has 0 saturated carbocycles. The van der Waals surface area contributed by atoms with Gasteiger partial charge < -0.3 is 0 Å². The molecule has 1 fully saturated rings. The molecule has 39 valence electrons. The van der Waals surface area contributed by atoms with Gasteiger partial charge in [0.15, 0.2) is 0 Å². The third kappa shape index (κ3) is 2.10. The van der Waals surface area contributed by atoms with Gasteiger partial charge >= 0.3 is 0 Å². The zero-order valence-corrected chi connectivity index (χ0v) is 7.79. The normalized spacial score (nSPS) is 25.3. The SMILES string of the molecule is Br[Si]1CC[Si]CC1. The minimum absolute atomic E-state index is 0.0264. The van der Waals surface area contributed by atoms with E-state index in [0.717, 1.165) is 0 Å². The van der Waals surface area contributed by atoms with Crippen molar-refractivity contribution in [2.45, 2.75) is 24.2 Å². The fourth-order valence-electron chi connectivity index (χ4n) is 0.698. The molecular formula is C4H8BrSi2. The van der Waals surface area contributed by atoms with Crippen LogP contribution in [-0.4, -0.2) is 16.9 Å². The molecule has 1 saturated heterocycles. The summed E-state index contributed by atoms with van der Waals surface area (Å²) in [7, 11) is 1.31. The first-order valence-electron chi connectivity index (χ1n) is 2.60. The van der Waals surface area contributed by atoms with Crippen molar-refractivity contribution in [2.75, 3.05) is 0 Å². The lowest BCUT2D eigenvalue weighted by Gasteiger charge is -2.10. The summed E-state index contributed by atoms with van der Waals surface area (Å²) in [6, 6.07) is 6.06. The molecule has 0 aromatic heterocycles. The van der Waals surface area contributed by atoms with Gasteiger partial charge in [-0.15, -0.1) is 15.3 Å². The van der Waals surface area contributed by atoms with Crippen LogP contribution in [0.5, 0.6) is 0 Å². The predicted molar refractivity (Wildman–Crippen MR) is 39.7 cm³/mol. The van der Waals surface area contributed by atoms with Crippen LogP contribution in [0, 0.1) is 0 Å². The van der Waals surface area contributed by atoms with Crippen molar-refractivity contribution in [3.8, 4) is 0 Å². The molecule has 0 nitrogen and oxygen atoms in total. The lowest BCUT2D eigenvalue weighted by molar-refractivity contribution is 1.24. The van der Waals surface area contributed by atoms with Crippen molar-refractivity contribution in [3.05, 3.63) is 0 Å². The fraction of sp³-hybridized carbons (Fsp3) is 1.00. The molecule has 0 bridgehead atoms. The van der Waals surface area contributed by atoms with Crippen LogP contribution < -0.4 is 0 Å². The summed E-state index contributed by atoms with van der Waals surface area (Å²) < 4.78 is 0. The summed E-state index contributed by atoms with van der Waals surface area (Å²) in [6.45, 7) is 0. The van der Waals surface area contributed by atoms with Gasteiger partial charge in [0, 0.05) is 9.52 Å². The number of hydrogen-bond acceptors (Lipinski definition) is 0. The van der Waals surface area contributed by atoms with E-state index in [1.54, 1.807) is 0 Å². The second kappa shape index (κ2) is 3.04. The van der Waals surface area contributed by atoms with Gasteiger partial charge in [-0.25, -0.2) is 0 Å².